The van der Waals surface area contributed by atoms with Crippen molar-refractivity contribution in [2.24, 2.45) is 0 Å². The fourth-order valence-electron chi connectivity index (χ4n) is 3.37. The molecule has 4 rings (SSSR count). The Kier molecular flexibility index (Phi) is 6.25. The van der Waals surface area contributed by atoms with Gasteiger partial charge in [-0.1, -0.05) is 12.1 Å². The Morgan fingerprint density at radius 3 is 2.36 bits per heavy atom. The molecule has 0 saturated carbocycles. The number of nitrogens with one attached hydrogen (secondary N) is 2. The normalized spacial score (nSPS) is 11.6. The molecule has 3 aromatic heterocycles. The highest BCUT2D eigenvalue weighted by Gasteiger charge is 2.14. The summed E-state index contributed by atoms with van der Waals surface area (Å²) in [5.41, 5.74) is 3.31. The first-order chi connectivity index (χ1) is 15.7. The minimum absolute atomic E-state index is 0.177. The fraction of sp³-hybridized carbons (Fsp3) is 0.273. The molecule has 0 spiro atoms. The number of oxazole rings is 1. The third-order valence-electron chi connectivity index (χ3n) is 4.85. The summed E-state index contributed by atoms with van der Waals surface area (Å²) < 4.78 is 34.8. The highest BCUT2D eigenvalue weighted by atomic mass is 32.2. The Labute approximate surface area is 192 Å². The number of benzene rings is 1. The maximum Gasteiger partial charge on any atom is 0.240 e. The molecule has 3 heterocycles. The molecule has 0 aliphatic heterocycles. The van der Waals surface area contributed by atoms with Gasteiger partial charge in [0.25, 0.3) is 0 Å². The molecule has 0 amide bonds. The first-order valence-corrected chi connectivity index (χ1v) is 11.8. The molecule has 0 aliphatic carbocycles. The molecular formula is C22H25N7O3S. The van der Waals surface area contributed by atoms with Crippen molar-refractivity contribution in [1.29, 1.82) is 0 Å². The van der Waals surface area contributed by atoms with Crippen LogP contribution < -0.4 is 10.0 Å². The van der Waals surface area contributed by atoms with Gasteiger partial charge in [-0.15, -0.1) is 0 Å². The molecule has 2 N–H and O–H groups in total. The van der Waals surface area contributed by atoms with Gasteiger partial charge in [-0.25, -0.2) is 32.8 Å². The molecule has 33 heavy (non-hydrogen) atoms. The molecule has 0 saturated heterocycles. The molecule has 11 heteroatoms. The monoisotopic (exact) mass is 467 g/mol. The van der Waals surface area contributed by atoms with E-state index in [9.17, 15) is 8.42 Å². The summed E-state index contributed by atoms with van der Waals surface area (Å²) in [6.07, 6.45) is 1.54. The van der Waals surface area contributed by atoms with E-state index in [0.29, 0.717) is 35.6 Å². The fourth-order valence-corrected chi connectivity index (χ4v) is 4.40. The number of hydrogen-bond donors (Lipinski definition) is 2. The first kappa shape index (κ1) is 22.6. The maximum atomic E-state index is 12.6. The molecule has 1 aromatic carbocycles. The van der Waals surface area contributed by atoms with Crippen molar-refractivity contribution in [2.75, 3.05) is 18.4 Å². The summed E-state index contributed by atoms with van der Waals surface area (Å²) in [5, 5.41) is 7.59. The summed E-state index contributed by atoms with van der Waals surface area (Å²) in [6.45, 7) is 7.97. The number of sulfonamides is 1. The maximum absolute atomic E-state index is 12.6. The van der Waals surface area contributed by atoms with Crippen molar-refractivity contribution in [1.82, 2.24) is 29.5 Å². The summed E-state index contributed by atoms with van der Waals surface area (Å²) >= 11 is 0. The van der Waals surface area contributed by atoms with E-state index in [-0.39, 0.29) is 11.4 Å². The Bertz CT molecular complexity index is 1380. The van der Waals surface area contributed by atoms with Gasteiger partial charge < -0.3 is 9.73 Å². The lowest BCUT2D eigenvalue weighted by atomic mass is 10.2. The van der Waals surface area contributed by atoms with Crippen LogP contribution in [0.5, 0.6) is 0 Å². The van der Waals surface area contributed by atoms with Crippen LogP contribution >= 0.6 is 0 Å². The van der Waals surface area contributed by atoms with Gasteiger partial charge in [-0.2, -0.15) is 5.10 Å². The highest BCUT2D eigenvalue weighted by Crippen LogP contribution is 2.20. The SMILES string of the molecule is Cc1cc(C)n(-c2cc(NCCNS(=O)(=O)c3ccc(-c4coc(C)n4)cc3)nc(C)n2)n1. The van der Waals surface area contributed by atoms with Gasteiger partial charge in [0.05, 0.1) is 10.6 Å². The Balaban J connectivity index is 1.37. The van der Waals surface area contributed by atoms with Gasteiger partial charge in [-0.05, 0) is 39.0 Å². The molecule has 4 aromatic rings. The Hall–Kier alpha value is -3.57. The Morgan fingerprint density at radius 2 is 1.73 bits per heavy atom. The van der Waals surface area contributed by atoms with Gasteiger partial charge in [-0.3, -0.25) is 0 Å². The summed E-state index contributed by atoms with van der Waals surface area (Å²) in [6, 6.07) is 10.2. The first-order valence-electron chi connectivity index (χ1n) is 10.4. The average Bonchev–Trinajstić information content (AvgIpc) is 3.35. The smallest absolute Gasteiger partial charge is 0.240 e. The van der Waals surface area contributed by atoms with E-state index in [2.05, 4.69) is 30.1 Å². The van der Waals surface area contributed by atoms with Crippen LogP contribution in [0, 0.1) is 27.7 Å². The van der Waals surface area contributed by atoms with Crippen LogP contribution in [-0.4, -0.2) is 46.2 Å². The standard InChI is InChI=1S/C22H25N7O3S/c1-14-11-15(2)29(28-14)22-12-21(25-16(3)26-22)23-9-10-24-33(30,31)19-7-5-18(6-8-19)20-13-32-17(4)27-20/h5-8,11-13,24H,9-10H2,1-4H3,(H,23,25,26). The number of aryl methyl sites for hydroxylation is 4. The lowest BCUT2D eigenvalue weighted by Crippen LogP contribution is -2.29. The van der Waals surface area contributed by atoms with Crippen LogP contribution in [0.15, 0.2) is 52.0 Å². The van der Waals surface area contributed by atoms with E-state index < -0.39 is 10.0 Å². The van der Waals surface area contributed by atoms with Crippen molar-refractivity contribution >= 4 is 15.8 Å². The average molecular weight is 468 g/mol. The lowest BCUT2D eigenvalue weighted by molar-refractivity contribution is 0.521. The van der Waals surface area contributed by atoms with E-state index in [0.717, 1.165) is 17.0 Å². The molecular weight excluding hydrogens is 442 g/mol. The molecule has 0 bridgehead atoms. The van der Waals surface area contributed by atoms with Crippen molar-refractivity contribution < 1.29 is 12.8 Å². The number of anilines is 1. The second-order valence-electron chi connectivity index (χ2n) is 7.60. The van der Waals surface area contributed by atoms with Gasteiger partial charge >= 0.3 is 0 Å². The second kappa shape index (κ2) is 9.12. The molecule has 0 unspecified atom stereocenters. The van der Waals surface area contributed by atoms with Gasteiger partial charge in [0.2, 0.25) is 10.0 Å². The van der Waals surface area contributed by atoms with Crippen LogP contribution in [0.4, 0.5) is 5.82 Å². The largest absolute Gasteiger partial charge is 0.449 e. The van der Waals surface area contributed by atoms with Crippen molar-refractivity contribution in [3.05, 3.63) is 65.8 Å². The quantitative estimate of drug-likeness (QED) is 0.379. The predicted molar refractivity (Wildman–Crippen MR) is 124 cm³/mol. The van der Waals surface area contributed by atoms with Crippen molar-refractivity contribution in [2.45, 2.75) is 32.6 Å². The molecule has 0 atom stereocenters. The molecule has 0 fully saturated rings. The van der Waals surface area contributed by atoms with E-state index >= 15 is 0 Å². The van der Waals surface area contributed by atoms with Crippen LogP contribution in [-0.2, 0) is 10.0 Å². The van der Waals surface area contributed by atoms with E-state index in [1.54, 1.807) is 48.9 Å². The van der Waals surface area contributed by atoms with Gasteiger partial charge in [0.15, 0.2) is 11.7 Å². The predicted octanol–water partition coefficient (Wildman–Crippen LogP) is 2.94. The van der Waals surface area contributed by atoms with Crippen molar-refractivity contribution in [3.8, 4) is 17.1 Å². The number of aromatic nitrogens is 5. The molecule has 10 nitrogen and oxygen atoms in total. The zero-order valence-electron chi connectivity index (χ0n) is 18.8. The van der Waals surface area contributed by atoms with Gasteiger partial charge in [0.1, 0.15) is 23.6 Å². The third kappa shape index (κ3) is 5.26. The third-order valence-corrected chi connectivity index (χ3v) is 6.33. The van der Waals surface area contributed by atoms with Crippen LogP contribution in [0.25, 0.3) is 17.1 Å². The molecule has 0 radical (unpaired) electrons. The van der Waals surface area contributed by atoms with Crippen LogP contribution in [0.3, 0.4) is 0 Å². The highest BCUT2D eigenvalue weighted by molar-refractivity contribution is 7.89. The summed E-state index contributed by atoms with van der Waals surface area (Å²) in [4.78, 5) is 13.2. The Morgan fingerprint density at radius 1 is 0.970 bits per heavy atom. The summed E-state index contributed by atoms with van der Waals surface area (Å²) in [7, 11) is -3.65. The lowest BCUT2D eigenvalue weighted by Gasteiger charge is -2.11. The number of hydrogen-bond acceptors (Lipinski definition) is 8. The molecule has 0 aliphatic rings. The summed E-state index contributed by atoms with van der Waals surface area (Å²) in [5.74, 6) is 2.39. The van der Waals surface area contributed by atoms with E-state index in [4.69, 9.17) is 4.42 Å². The van der Waals surface area contributed by atoms with E-state index in [1.165, 1.54) is 6.26 Å². The minimum Gasteiger partial charge on any atom is -0.449 e. The zero-order valence-corrected chi connectivity index (χ0v) is 19.6. The van der Waals surface area contributed by atoms with Crippen LogP contribution in [0.1, 0.15) is 23.1 Å². The topological polar surface area (TPSA) is 128 Å². The number of nitrogens with zero attached hydrogens (tertiary/aromatic N) is 5. The van der Waals surface area contributed by atoms with Crippen molar-refractivity contribution in [3.63, 3.8) is 0 Å². The van der Waals surface area contributed by atoms with Gasteiger partial charge in [0, 0.05) is 37.3 Å². The van der Waals surface area contributed by atoms with Crippen LogP contribution in [0.2, 0.25) is 0 Å². The zero-order chi connectivity index (χ0) is 23.6. The molecule has 172 valence electrons. The second-order valence-corrected chi connectivity index (χ2v) is 9.37. The van der Waals surface area contributed by atoms with E-state index in [1.807, 2.05) is 19.9 Å². The minimum atomic E-state index is -3.65. The number of rotatable bonds is 8.